The van der Waals surface area contributed by atoms with Gasteiger partial charge in [0, 0.05) is 5.56 Å². The first kappa shape index (κ1) is 13.5. The minimum atomic E-state index is -0.409. The van der Waals surface area contributed by atoms with Gasteiger partial charge in [-0.3, -0.25) is 4.79 Å². The first-order valence-electron chi connectivity index (χ1n) is 4.95. The van der Waals surface area contributed by atoms with E-state index in [1.807, 2.05) is 0 Å². The lowest BCUT2D eigenvalue weighted by Crippen LogP contribution is -2.04. The number of aromatic nitrogens is 2. The van der Waals surface area contributed by atoms with Gasteiger partial charge in [0.15, 0.2) is 10.1 Å². The van der Waals surface area contributed by atoms with Crippen LogP contribution in [0.15, 0.2) is 22.0 Å². The third-order valence-electron chi connectivity index (χ3n) is 2.22. The van der Waals surface area contributed by atoms with Crippen LogP contribution in [-0.4, -0.2) is 21.7 Å². The first-order chi connectivity index (χ1) is 8.58. The molecule has 0 amide bonds. The molecule has 0 fully saturated rings. The van der Waals surface area contributed by atoms with E-state index in [9.17, 15) is 9.18 Å². The number of Topliss-reactive ketones (excluding diaryl/α,β-unsaturated/α-hetero) is 1. The Morgan fingerprint density at radius 3 is 3.00 bits per heavy atom. The highest BCUT2D eigenvalue weighted by molar-refractivity contribution is 8.01. The largest absolute Gasteiger partial charge is 0.293 e. The standard InChI is InChI=1S/C11H8ClFN2OS2/c1-6-2-7(8(12)3-9(6)13)10(16)4-17-11-15-14-5-18-11/h2-3,5H,4H2,1H3. The molecule has 0 atom stereocenters. The number of aryl methyl sites for hydroxylation is 1. The van der Waals surface area contributed by atoms with Gasteiger partial charge in [-0.15, -0.1) is 10.2 Å². The zero-order valence-electron chi connectivity index (χ0n) is 9.31. The smallest absolute Gasteiger partial charge is 0.174 e. The molecule has 0 spiro atoms. The zero-order valence-corrected chi connectivity index (χ0v) is 11.7. The lowest BCUT2D eigenvalue weighted by Gasteiger charge is -2.05. The van der Waals surface area contributed by atoms with Crippen LogP contribution in [-0.2, 0) is 0 Å². The van der Waals surface area contributed by atoms with Gasteiger partial charge < -0.3 is 0 Å². The molecule has 1 aromatic heterocycles. The van der Waals surface area contributed by atoms with Gasteiger partial charge in [0.2, 0.25) is 0 Å². The third kappa shape index (κ3) is 3.07. The third-order valence-corrected chi connectivity index (χ3v) is 4.39. The summed E-state index contributed by atoms with van der Waals surface area (Å²) in [6.07, 6.45) is 0. The van der Waals surface area contributed by atoms with Crippen molar-refractivity contribution < 1.29 is 9.18 Å². The molecular weight excluding hydrogens is 295 g/mol. The molecule has 0 aliphatic rings. The molecule has 0 bridgehead atoms. The quantitative estimate of drug-likeness (QED) is 0.639. The SMILES string of the molecule is Cc1cc(C(=O)CSc2nncs2)c(Cl)cc1F. The van der Waals surface area contributed by atoms with Crippen molar-refractivity contribution in [2.45, 2.75) is 11.3 Å². The van der Waals surface area contributed by atoms with Crippen LogP contribution >= 0.6 is 34.7 Å². The summed E-state index contributed by atoms with van der Waals surface area (Å²) in [4.78, 5) is 12.0. The fourth-order valence-electron chi connectivity index (χ4n) is 1.30. The highest BCUT2D eigenvalue weighted by Gasteiger charge is 2.14. The summed E-state index contributed by atoms with van der Waals surface area (Å²) in [5, 5.41) is 7.64. The van der Waals surface area contributed by atoms with Crippen LogP contribution in [0.3, 0.4) is 0 Å². The molecule has 1 aromatic carbocycles. The average molecular weight is 303 g/mol. The van der Waals surface area contributed by atoms with Crippen molar-refractivity contribution in [3.63, 3.8) is 0 Å². The topological polar surface area (TPSA) is 42.9 Å². The Balaban J connectivity index is 2.11. The number of rotatable bonds is 4. The van der Waals surface area contributed by atoms with E-state index >= 15 is 0 Å². The Bertz CT molecular complexity index is 575. The molecule has 94 valence electrons. The van der Waals surface area contributed by atoms with Crippen molar-refractivity contribution >= 4 is 40.5 Å². The highest BCUT2D eigenvalue weighted by Crippen LogP contribution is 2.24. The van der Waals surface area contributed by atoms with Crippen molar-refractivity contribution in [2.75, 3.05) is 5.75 Å². The van der Waals surface area contributed by atoms with E-state index in [4.69, 9.17) is 11.6 Å². The second kappa shape index (κ2) is 5.77. The monoisotopic (exact) mass is 302 g/mol. The molecular formula is C11H8ClFN2OS2. The highest BCUT2D eigenvalue weighted by atomic mass is 35.5. The summed E-state index contributed by atoms with van der Waals surface area (Å²) < 4.78 is 13.9. The number of nitrogens with zero attached hydrogens (tertiary/aromatic N) is 2. The van der Waals surface area contributed by atoms with Crippen LogP contribution in [0.25, 0.3) is 0 Å². The molecule has 0 radical (unpaired) electrons. The Kier molecular flexibility index (Phi) is 4.31. The van der Waals surface area contributed by atoms with E-state index in [2.05, 4.69) is 10.2 Å². The van der Waals surface area contributed by atoms with E-state index < -0.39 is 5.82 Å². The summed E-state index contributed by atoms with van der Waals surface area (Å²) in [5.74, 6) is -0.350. The summed E-state index contributed by atoms with van der Waals surface area (Å²) in [5.41, 5.74) is 2.35. The Morgan fingerprint density at radius 1 is 1.56 bits per heavy atom. The number of ketones is 1. The maximum atomic E-state index is 13.2. The summed E-state index contributed by atoms with van der Waals surface area (Å²) in [6.45, 7) is 1.60. The lowest BCUT2D eigenvalue weighted by molar-refractivity contribution is 0.102. The second-order valence-electron chi connectivity index (χ2n) is 3.50. The number of thioether (sulfide) groups is 1. The molecule has 0 aliphatic carbocycles. The predicted molar refractivity (Wildman–Crippen MR) is 71.1 cm³/mol. The van der Waals surface area contributed by atoms with E-state index in [-0.39, 0.29) is 16.6 Å². The van der Waals surface area contributed by atoms with Gasteiger partial charge in [-0.1, -0.05) is 34.7 Å². The normalized spacial score (nSPS) is 10.6. The molecule has 0 aliphatic heterocycles. The summed E-state index contributed by atoms with van der Waals surface area (Å²) in [6, 6.07) is 2.64. The van der Waals surface area contributed by atoms with Gasteiger partial charge in [-0.25, -0.2) is 4.39 Å². The molecule has 2 rings (SSSR count). The first-order valence-corrected chi connectivity index (χ1v) is 7.20. The van der Waals surface area contributed by atoms with E-state index in [1.54, 1.807) is 12.4 Å². The molecule has 0 saturated heterocycles. The van der Waals surface area contributed by atoms with Crippen molar-refractivity contribution in [3.05, 3.63) is 39.6 Å². The van der Waals surface area contributed by atoms with Crippen molar-refractivity contribution in [2.24, 2.45) is 0 Å². The van der Waals surface area contributed by atoms with Gasteiger partial charge in [-0.2, -0.15) is 0 Å². The number of carbonyl (C=O) groups is 1. The molecule has 3 nitrogen and oxygen atoms in total. The minimum Gasteiger partial charge on any atom is -0.293 e. The zero-order chi connectivity index (χ0) is 13.1. The maximum absolute atomic E-state index is 13.2. The Hall–Kier alpha value is -0.980. The lowest BCUT2D eigenvalue weighted by atomic mass is 10.1. The molecule has 0 N–H and O–H groups in total. The molecule has 2 aromatic rings. The Morgan fingerprint density at radius 2 is 2.33 bits per heavy atom. The molecule has 0 unspecified atom stereocenters. The van der Waals surface area contributed by atoms with E-state index in [0.717, 1.165) is 4.34 Å². The fourth-order valence-corrected chi connectivity index (χ4v) is 2.93. The van der Waals surface area contributed by atoms with Gasteiger partial charge in [0.05, 0.1) is 10.8 Å². The van der Waals surface area contributed by atoms with Crippen LogP contribution in [0.2, 0.25) is 5.02 Å². The number of halogens is 2. The molecule has 1 heterocycles. The van der Waals surface area contributed by atoms with Crippen LogP contribution in [0.5, 0.6) is 0 Å². The average Bonchev–Trinajstić information content (AvgIpc) is 2.84. The molecule has 18 heavy (non-hydrogen) atoms. The van der Waals surface area contributed by atoms with Gasteiger partial charge in [-0.05, 0) is 24.6 Å². The van der Waals surface area contributed by atoms with Crippen LogP contribution < -0.4 is 0 Å². The van der Waals surface area contributed by atoms with E-state index in [1.165, 1.54) is 35.2 Å². The number of hydrogen-bond donors (Lipinski definition) is 0. The number of benzene rings is 1. The number of hydrogen-bond acceptors (Lipinski definition) is 5. The van der Waals surface area contributed by atoms with Crippen molar-refractivity contribution in [3.8, 4) is 0 Å². The number of carbonyl (C=O) groups excluding carboxylic acids is 1. The van der Waals surface area contributed by atoms with E-state index in [0.29, 0.717) is 11.1 Å². The molecule has 0 saturated carbocycles. The predicted octanol–water partition coefficient (Wildman–Crippen LogP) is 3.61. The van der Waals surface area contributed by atoms with Gasteiger partial charge in [0.1, 0.15) is 11.3 Å². The van der Waals surface area contributed by atoms with Gasteiger partial charge >= 0.3 is 0 Å². The van der Waals surface area contributed by atoms with Crippen LogP contribution in [0.4, 0.5) is 4.39 Å². The fraction of sp³-hybridized carbons (Fsp3) is 0.182. The minimum absolute atomic E-state index is 0.140. The second-order valence-corrected chi connectivity index (χ2v) is 5.96. The Labute approximate surface area is 116 Å². The van der Waals surface area contributed by atoms with Crippen LogP contribution in [0, 0.1) is 12.7 Å². The molecule has 7 heteroatoms. The summed E-state index contributed by atoms with van der Waals surface area (Å²) in [7, 11) is 0. The maximum Gasteiger partial charge on any atom is 0.174 e. The van der Waals surface area contributed by atoms with Crippen molar-refractivity contribution in [1.29, 1.82) is 0 Å². The van der Waals surface area contributed by atoms with Gasteiger partial charge in [0.25, 0.3) is 0 Å². The summed E-state index contributed by atoms with van der Waals surface area (Å²) >= 11 is 8.52. The van der Waals surface area contributed by atoms with Crippen molar-refractivity contribution in [1.82, 2.24) is 10.2 Å². The van der Waals surface area contributed by atoms with Crippen LogP contribution in [0.1, 0.15) is 15.9 Å².